The summed E-state index contributed by atoms with van der Waals surface area (Å²) in [5, 5.41) is 2.55. The summed E-state index contributed by atoms with van der Waals surface area (Å²) in [7, 11) is 0. The lowest BCUT2D eigenvalue weighted by Crippen LogP contribution is -2.34. The number of carbonyl (C=O) groups excluding carboxylic acids is 2. The van der Waals surface area contributed by atoms with Crippen LogP contribution in [0, 0.1) is 0 Å². The summed E-state index contributed by atoms with van der Waals surface area (Å²) in [6.45, 7) is -0.234. The van der Waals surface area contributed by atoms with Gasteiger partial charge in [0.2, 0.25) is 5.91 Å². The zero-order valence-electron chi connectivity index (χ0n) is 17.1. The maximum absolute atomic E-state index is 12.7. The molecule has 0 unspecified atom stereocenters. The number of hydrogen-bond acceptors (Lipinski definition) is 5. The molecule has 3 N–H and O–H groups in total. The van der Waals surface area contributed by atoms with Gasteiger partial charge in [0.1, 0.15) is 0 Å². The van der Waals surface area contributed by atoms with E-state index in [1.54, 1.807) is 17.3 Å². The van der Waals surface area contributed by atoms with E-state index in [0.717, 1.165) is 20.9 Å². The fourth-order valence-electron chi connectivity index (χ4n) is 3.54. The number of benzene rings is 3. The summed E-state index contributed by atoms with van der Waals surface area (Å²) in [4.78, 5) is 28.2. The molecule has 1 aromatic heterocycles. The highest BCUT2D eigenvalue weighted by atomic mass is 32.2. The number of aromatic nitrogens is 1. The van der Waals surface area contributed by atoms with Crippen LogP contribution in [0.1, 0.15) is 27.2 Å². The molecular formula is C25H21N3O2S2. The normalized spacial score (nSPS) is 11.1. The predicted molar refractivity (Wildman–Crippen MR) is 129 cm³/mol. The van der Waals surface area contributed by atoms with E-state index < -0.39 is 16.6 Å². The summed E-state index contributed by atoms with van der Waals surface area (Å²) >= 11 is 2.97. The van der Waals surface area contributed by atoms with Crippen molar-refractivity contribution in [1.82, 2.24) is 10.3 Å². The molecule has 32 heavy (non-hydrogen) atoms. The van der Waals surface area contributed by atoms with Gasteiger partial charge >= 0.3 is 0 Å². The maximum Gasteiger partial charge on any atom is 0.272 e. The van der Waals surface area contributed by atoms with Gasteiger partial charge in [0.25, 0.3) is 5.91 Å². The average molecular weight is 460 g/mol. The van der Waals surface area contributed by atoms with Crippen molar-refractivity contribution in [2.24, 2.45) is 5.73 Å². The zero-order chi connectivity index (χ0) is 22.4. The van der Waals surface area contributed by atoms with Crippen LogP contribution in [0.3, 0.4) is 0 Å². The van der Waals surface area contributed by atoms with Crippen molar-refractivity contribution in [3.8, 4) is 0 Å². The van der Waals surface area contributed by atoms with Crippen LogP contribution < -0.4 is 11.1 Å². The van der Waals surface area contributed by atoms with Gasteiger partial charge in [-0.05, 0) is 16.7 Å². The van der Waals surface area contributed by atoms with Crippen molar-refractivity contribution in [1.29, 1.82) is 0 Å². The van der Waals surface area contributed by atoms with Crippen LogP contribution in [0.15, 0.2) is 101 Å². The Morgan fingerprint density at radius 2 is 1.31 bits per heavy atom. The Bertz CT molecular complexity index is 1100. The van der Waals surface area contributed by atoms with E-state index in [-0.39, 0.29) is 12.2 Å². The highest BCUT2D eigenvalue weighted by Crippen LogP contribution is 2.53. The lowest BCUT2D eigenvalue weighted by Gasteiger charge is -2.35. The van der Waals surface area contributed by atoms with Gasteiger partial charge in [0, 0.05) is 0 Å². The molecule has 5 nitrogen and oxygen atoms in total. The quantitative estimate of drug-likeness (QED) is 0.301. The Morgan fingerprint density at radius 3 is 1.75 bits per heavy atom. The Hall–Kier alpha value is -3.42. The van der Waals surface area contributed by atoms with Gasteiger partial charge in [-0.1, -0.05) is 103 Å². The second-order valence-corrected chi connectivity index (χ2v) is 9.36. The molecule has 1 heterocycles. The second kappa shape index (κ2) is 9.80. The maximum atomic E-state index is 12.7. The number of nitrogens with one attached hydrogen (secondary N) is 1. The van der Waals surface area contributed by atoms with E-state index in [1.807, 2.05) is 54.6 Å². The highest BCUT2D eigenvalue weighted by Gasteiger charge is 2.39. The molecule has 4 rings (SSSR count). The van der Waals surface area contributed by atoms with Crippen LogP contribution >= 0.6 is 23.1 Å². The minimum absolute atomic E-state index is 0.234. The molecule has 0 radical (unpaired) electrons. The molecule has 0 aliphatic heterocycles. The van der Waals surface area contributed by atoms with Crippen LogP contribution in [0.25, 0.3) is 0 Å². The molecule has 7 heteroatoms. The third-order valence-electron chi connectivity index (χ3n) is 4.96. The minimum Gasteiger partial charge on any atom is -0.368 e. The third-order valence-corrected chi connectivity index (χ3v) is 7.51. The molecule has 0 spiro atoms. The molecule has 160 valence electrons. The van der Waals surface area contributed by atoms with Gasteiger partial charge in [-0.15, -0.1) is 11.3 Å². The molecule has 0 atom stereocenters. The number of hydrogen-bond donors (Lipinski definition) is 2. The summed E-state index contributed by atoms with van der Waals surface area (Å²) in [6.07, 6.45) is 0. The van der Waals surface area contributed by atoms with E-state index >= 15 is 0 Å². The van der Waals surface area contributed by atoms with Crippen LogP contribution in [0.5, 0.6) is 0 Å². The molecule has 0 bridgehead atoms. The Kier molecular flexibility index (Phi) is 6.68. The standard InChI is InChI=1S/C25H21N3O2S2/c26-21(29)16-27-23(30)22-24(31-17-28-22)32-25(18-10-4-1-5-11-18,19-12-6-2-7-13-19)20-14-8-3-9-15-20/h1-15,17H,16H2,(H2,26,29)(H,27,30). The van der Waals surface area contributed by atoms with E-state index in [1.165, 1.54) is 11.3 Å². The van der Waals surface area contributed by atoms with E-state index in [2.05, 4.69) is 46.7 Å². The van der Waals surface area contributed by atoms with E-state index in [4.69, 9.17) is 5.73 Å². The highest BCUT2D eigenvalue weighted by molar-refractivity contribution is 8.02. The van der Waals surface area contributed by atoms with Crippen molar-refractivity contribution in [3.05, 3.63) is 119 Å². The van der Waals surface area contributed by atoms with Gasteiger partial charge in [-0.3, -0.25) is 9.59 Å². The Balaban J connectivity index is 1.88. The molecule has 0 saturated carbocycles. The minimum atomic E-state index is -0.616. The smallest absolute Gasteiger partial charge is 0.272 e. The van der Waals surface area contributed by atoms with Crippen LogP contribution in [-0.4, -0.2) is 23.3 Å². The Labute approximate surface area is 194 Å². The zero-order valence-corrected chi connectivity index (χ0v) is 18.7. The summed E-state index contributed by atoms with van der Waals surface area (Å²) < 4.78 is 0.137. The predicted octanol–water partition coefficient (Wildman–Crippen LogP) is 4.44. The lowest BCUT2D eigenvalue weighted by atomic mass is 9.84. The molecule has 0 saturated heterocycles. The molecule has 4 aromatic rings. The van der Waals surface area contributed by atoms with Gasteiger partial charge in [-0.2, -0.15) is 0 Å². The second-order valence-electron chi connectivity index (χ2n) is 7.02. The number of carbonyl (C=O) groups is 2. The van der Waals surface area contributed by atoms with Crippen LogP contribution in [0.2, 0.25) is 0 Å². The summed E-state index contributed by atoms with van der Waals surface area (Å²) in [6, 6.07) is 30.7. The number of nitrogens with two attached hydrogens (primary N) is 1. The van der Waals surface area contributed by atoms with E-state index in [0.29, 0.717) is 0 Å². The average Bonchev–Trinajstić information content (AvgIpc) is 3.31. The number of primary amides is 1. The molecule has 0 aliphatic carbocycles. The molecule has 2 amide bonds. The van der Waals surface area contributed by atoms with Crippen LogP contribution in [0.4, 0.5) is 0 Å². The summed E-state index contributed by atoms with van der Waals surface area (Å²) in [5.74, 6) is -1.02. The van der Waals surface area contributed by atoms with Gasteiger partial charge in [-0.25, -0.2) is 4.98 Å². The molecular weight excluding hydrogens is 438 g/mol. The Morgan fingerprint density at radius 1 is 0.844 bits per heavy atom. The number of rotatable bonds is 8. The number of thioether (sulfide) groups is 1. The SMILES string of the molecule is NC(=O)CNC(=O)c1ncsc1SC(c1ccccc1)(c1ccccc1)c1ccccc1. The fraction of sp³-hybridized carbons (Fsp3) is 0.0800. The first-order valence-electron chi connectivity index (χ1n) is 9.97. The monoisotopic (exact) mass is 459 g/mol. The lowest BCUT2D eigenvalue weighted by molar-refractivity contribution is -0.117. The topological polar surface area (TPSA) is 85.1 Å². The van der Waals surface area contributed by atoms with Crippen molar-refractivity contribution in [3.63, 3.8) is 0 Å². The largest absolute Gasteiger partial charge is 0.368 e. The van der Waals surface area contributed by atoms with Crippen molar-refractivity contribution in [2.75, 3.05) is 6.54 Å². The van der Waals surface area contributed by atoms with Crippen molar-refractivity contribution in [2.45, 2.75) is 8.96 Å². The van der Waals surface area contributed by atoms with Crippen molar-refractivity contribution < 1.29 is 9.59 Å². The molecule has 0 fully saturated rings. The third kappa shape index (κ3) is 4.44. The van der Waals surface area contributed by atoms with Gasteiger partial charge < -0.3 is 11.1 Å². The van der Waals surface area contributed by atoms with Gasteiger partial charge in [0.05, 0.1) is 21.0 Å². The fourth-order valence-corrected chi connectivity index (χ4v) is 6.03. The number of amides is 2. The molecule has 3 aromatic carbocycles. The first-order valence-corrected chi connectivity index (χ1v) is 11.7. The summed E-state index contributed by atoms with van der Waals surface area (Å²) in [5.41, 5.74) is 10.4. The van der Waals surface area contributed by atoms with Crippen molar-refractivity contribution >= 4 is 34.9 Å². The van der Waals surface area contributed by atoms with E-state index in [9.17, 15) is 9.59 Å². The first-order chi connectivity index (χ1) is 15.6. The number of thiazole rings is 1. The number of nitrogens with zero attached hydrogens (tertiary/aromatic N) is 1. The molecule has 0 aliphatic rings. The first kappa shape index (κ1) is 21.8. The van der Waals surface area contributed by atoms with Gasteiger partial charge in [0.15, 0.2) is 5.69 Å². The van der Waals surface area contributed by atoms with Crippen LogP contribution in [-0.2, 0) is 9.54 Å².